The minimum absolute atomic E-state index is 0.179. The van der Waals surface area contributed by atoms with Gasteiger partial charge in [-0.25, -0.2) is 0 Å². The molecule has 0 unspecified atom stereocenters. The summed E-state index contributed by atoms with van der Waals surface area (Å²) >= 11 is 0. The van der Waals surface area contributed by atoms with Crippen LogP contribution in [-0.2, 0) is 0 Å². The molecule has 1 aromatic heterocycles. The largest absolute Gasteiger partial charge is 0.272 e. The number of benzene rings is 1. The van der Waals surface area contributed by atoms with E-state index < -0.39 is 0 Å². The molecule has 70 valence electrons. The first-order valence-electron chi connectivity index (χ1n) is 4.30. The van der Waals surface area contributed by atoms with Crippen LogP contribution in [0.1, 0.15) is 11.7 Å². The van der Waals surface area contributed by atoms with E-state index in [9.17, 15) is 4.79 Å². The molecule has 0 aliphatic heterocycles. The first kappa shape index (κ1) is 8.62. The molecule has 2 aromatic rings. The lowest BCUT2D eigenvalue weighted by Gasteiger charge is -1.93. The summed E-state index contributed by atoms with van der Waals surface area (Å²) in [7, 11) is 0. The molecule has 0 saturated carbocycles. The van der Waals surface area contributed by atoms with E-state index >= 15 is 0 Å². The highest BCUT2D eigenvalue weighted by Gasteiger charge is 2.07. The van der Waals surface area contributed by atoms with Crippen LogP contribution in [0.4, 0.5) is 0 Å². The molecule has 0 atom stereocenters. The second-order valence-electron chi connectivity index (χ2n) is 2.83. The zero-order valence-corrected chi connectivity index (χ0v) is 7.71. The van der Waals surface area contributed by atoms with Crippen molar-refractivity contribution in [1.29, 1.82) is 0 Å². The molecule has 0 N–H and O–H groups in total. The zero-order chi connectivity index (χ0) is 9.97. The Kier molecular flexibility index (Phi) is 2.10. The van der Waals surface area contributed by atoms with E-state index in [0.29, 0.717) is 0 Å². The quantitative estimate of drug-likeness (QED) is 0.638. The number of hydrogen-bond acceptors (Lipinski definition) is 3. The summed E-state index contributed by atoms with van der Waals surface area (Å²) in [6.07, 6.45) is 3.14. The van der Waals surface area contributed by atoms with Crippen molar-refractivity contribution in [3.8, 4) is 0 Å². The molecule has 2 rings (SSSR count). The van der Waals surface area contributed by atoms with Gasteiger partial charge in [-0.3, -0.25) is 4.79 Å². The summed E-state index contributed by atoms with van der Waals surface area (Å²) in [5.41, 5.74) is 1.46. The second-order valence-corrected chi connectivity index (χ2v) is 2.83. The Bertz CT molecular complexity index is 499. The summed E-state index contributed by atoms with van der Waals surface area (Å²) in [5, 5.41) is 7.66. The van der Waals surface area contributed by atoms with Gasteiger partial charge >= 0.3 is 0 Å². The molecule has 4 nitrogen and oxygen atoms in total. The topological polar surface area (TPSA) is 47.8 Å². The maximum Gasteiger partial charge on any atom is 0.272 e. The molecule has 1 aromatic carbocycles. The van der Waals surface area contributed by atoms with Crippen LogP contribution in [-0.4, -0.2) is 20.9 Å². The second kappa shape index (κ2) is 3.41. The lowest BCUT2D eigenvalue weighted by molar-refractivity contribution is 0.0957. The molecule has 14 heavy (non-hydrogen) atoms. The predicted molar refractivity (Wildman–Crippen MR) is 53.0 cm³/mol. The molecule has 0 aliphatic rings. The normalized spacial score (nSPS) is 11.2. The van der Waals surface area contributed by atoms with Crippen LogP contribution < -0.4 is 0 Å². The van der Waals surface area contributed by atoms with E-state index in [1.54, 1.807) is 13.0 Å². The van der Waals surface area contributed by atoms with Crippen molar-refractivity contribution < 1.29 is 4.79 Å². The molecule has 0 bridgehead atoms. The zero-order valence-electron chi connectivity index (χ0n) is 7.71. The first-order chi connectivity index (χ1) is 6.83. The predicted octanol–water partition coefficient (Wildman–Crippen LogP) is 1.65. The lowest BCUT2D eigenvalue weighted by Crippen LogP contribution is -2.08. The highest BCUT2D eigenvalue weighted by Crippen LogP contribution is 2.09. The third-order valence-corrected chi connectivity index (χ3v) is 1.87. The first-order valence-corrected chi connectivity index (χ1v) is 4.30. The van der Waals surface area contributed by atoms with Crippen molar-refractivity contribution in [2.45, 2.75) is 6.92 Å². The van der Waals surface area contributed by atoms with Crippen LogP contribution in [0.2, 0.25) is 0 Å². The Morgan fingerprint density at radius 1 is 1.43 bits per heavy atom. The number of fused-ring (bicyclic) bond motifs is 1. The molecule has 0 spiro atoms. The Balaban J connectivity index is 2.58. The molecule has 4 heteroatoms. The molecule has 0 radical (unpaired) electrons. The van der Waals surface area contributed by atoms with E-state index in [1.807, 2.05) is 24.3 Å². The average molecular weight is 187 g/mol. The van der Waals surface area contributed by atoms with Gasteiger partial charge in [0, 0.05) is 6.08 Å². The summed E-state index contributed by atoms with van der Waals surface area (Å²) in [6, 6.07) is 7.35. The molecule has 0 amide bonds. The van der Waals surface area contributed by atoms with Gasteiger partial charge in [0.15, 0.2) is 0 Å². The summed E-state index contributed by atoms with van der Waals surface area (Å²) in [5.74, 6) is -0.179. The molecule has 1 heterocycles. The Morgan fingerprint density at radius 2 is 2.21 bits per heavy atom. The molecule has 0 saturated heterocycles. The molecule has 0 fully saturated rings. The number of nitrogens with zero attached hydrogens (tertiary/aromatic N) is 3. The van der Waals surface area contributed by atoms with E-state index in [-0.39, 0.29) is 5.91 Å². The molecular weight excluding hydrogens is 178 g/mol. The van der Waals surface area contributed by atoms with Gasteiger partial charge < -0.3 is 0 Å². The van der Waals surface area contributed by atoms with Crippen molar-refractivity contribution in [2.24, 2.45) is 0 Å². The number of carbonyl (C=O) groups excluding carboxylic acids is 1. The Hall–Kier alpha value is -1.97. The van der Waals surface area contributed by atoms with Gasteiger partial charge in [-0.2, -0.15) is 4.68 Å². The van der Waals surface area contributed by atoms with Crippen molar-refractivity contribution >= 4 is 16.9 Å². The highest BCUT2D eigenvalue weighted by atomic mass is 16.2. The van der Waals surface area contributed by atoms with Crippen molar-refractivity contribution in [1.82, 2.24) is 15.0 Å². The van der Waals surface area contributed by atoms with Gasteiger partial charge in [-0.1, -0.05) is 23.4 Å². The molecule has 0 aliphatic carbocycles. The number of carbonyl (C=O) groups is 1. The summed E-state index contributed by atoms with van der Waals surface area (Å²) < 4.78 is 1.29. The number of para-hydroxylation sites is 1. The van der Waals surface area contributed by atoms with Gasteiger partial charge in [0.05, 0.1) is 5.52 Å². The van der Waals surface area contributed by atoms with Crippen LogP contribution in [0, 0.1) is 0 Å². The van der Waals surface area contributed by atoms with Crippen molar-refractivity contribution in [2.75, 3.05) is 0 Å². The third-order valence-electron chi connectivity index (χ3n) is 1.87. The third kappa shape index (κ3) is 1.31. The van der Waals surface area contributed by atoms with Gasteiger partial charge in [0.25, 0.3) is 5.91 Å². The summed E-state index contributed by atoms with van der Waals surface area (Å²) in [6.45, 7) is 1.79. The molecular formula is C10H9N3O. The fourth-order valence-electron chi connectivity index (χ4n) is 1.24. The van der Waals surface area contributed by atoms with Crippen LogP contribution in [0.3, 0.4) is 0 Å². The van der Waals surface area contributed by atoms with E-state index in [1.165, 1.54) is 10.8 Å². The fourth-order valence-corrected chi connectivity index (χ4v) is 1.24. The van der Waals surface area contributed by atoms with Gasteiger partial charge in [-0.15, -0.1) is 5.10 Å². The van der Waals surface area contributed by atoms with Gasteiger partial charge in [0.1, 0.15) is 5.52 Å². The average Bonchev–Trinajstić information content (AvgIpc) is 2.61. The highest BCUT2D eigenvalue weighted by molar-refractivity contribution is 5.95. The van der Waals surface area contributed by atoms with E-state index in [4.69, 9.17) is 0 Å². The number of rotatable bonds is 1. The van der Waals surface area contributed by atoms with Crippen LogP contribution in [0.5, 0.6) is 0 Å². The van der Waals surface area contributed by atoms with Crippen LogP contribution in [0.15, 0.2) is 36.4 Å². The number of aromatic nitrogens is 3. The van der Waals surface area contributed by atoms with Crippen LogP contribution >= 0.6 is 0 Å². The Morgan fingerprint density at radius 3 is 3.00 bits per heavy atom. The maximum atomic E-state index is 11.5. The number of allylic oxidation sites excluding steroid dienone is 2. The Labute approximate surface area is 80.8 Å². The fraction of sp³-hybridized carbons (Fsp3) is 0.100. The van der Waals surface area contributed by atoms with E-state index in [2.05, 4.69) is 10.3 Å². The minimum atomic E-state index is -0.179. The van der Waals surface area contributed by atoms with E-state index in [0.717, 1.165) is 11.0 Å². The van der Waals surface area contributed by atoms with Gasteiger partial charge in [0.2, 0.25) is 0 Å². The standard InChI is InChI=1S/C10H9N3O/c1-2-5-10(14)13-9-7-4-3-6-8(9)11-12-13/h2-7H,1H3. The van der Waals surface area contributed by atoms with Crippen molar-refractivity contribution in [3.63, 3.8) is 0 Å². The monoisotopic (exact) mass is 187 g/mol. The number of hydrogen-bond donors (Lipinski definition) is 0. The lowest BCUT2D eigenvalue weighted by atomic mass is 10.3. The smallest absolute Gasteiger partial charge is 0.267 e. The van der Waals surface area contributed by atoms with Gasteiger partial charge in [-0.05, 0) is 19.1 Å². The minimum Gasteiger partial charge on any atom is -0.267 e. The van der Waals surface area contributed by atoms with Crippen molar-refractivity contribution in [3.05, 3.63) is 36.4 Å². The maximum absolute atomic E-state index is 11.5. The van der Waals surface area contributed by atoms with Crippen LogP contribution in [0.25, 0.3) is 11.0 Å². The SMILES string of the molecule is CC=CC(=O)n1nnc2ccccc21. The summed E-state index contributed by atoms with van der Waals surface area (Å²) in [4.78, 5) is 11.5.